The molecule has 2 N–H and O–H groups in total. The van der Waals surface area contributed by atoms with Gasteiger partial charge >= 0.3 is 0 Å². The molecule has 0 aromatic carbocycles. The summed E-state index contributed by atoms with van der Waals surface area (Å²) in [4.78, 5) is 25.8. The molecule has 0 bridgehead atoms. The van der Waals surface area contributed by atoms with Crippen LogP contribution < -0.4 is 10.6 Å². The van der Waals surface area contributed by atoms with E-state index in [1.165, 1.54) is 0 Å². The third-order valence-corrected chi connectivity index (χ3v) is 3.29. The number of hydrogen-bond donors (Lipinski definition) is 2. The molecule has 0 aliphatic carbocycles. The second-order valence-electron chi connectivity index (χ2n) is 4.75. The summed E-state index contributed by atoms with van der Waals surface area (Å²) in [6.45, 7) is 5.63. The molecule has 108 valence electrons. The first-order valence-corrected chi connectivity index (χ1v) is 6.66. The molecule has 2 amide bonds. The normalized spacial score (nSPS) is 25.7. The average molecular weight is 271 g/mol. The smallest absolute Gasteiger partial charge is 0.245 e. The molecule has 7 nitrogen and oxygen atoms in total. The first-order valence-electron chi connectivity index (χ1n) is 6.66. The highest BCUT2D eigenvalue weighted by atomic mass is 16.5. The number of nitrogens with zero attached hydrogens (tertiary/aromatic N) is 1. The molecule has 2 rings (SSSR count). The Morgan fingerprint density at radius 2 is 2.00 bits per heavy atom. The number of carbonyl (C=O) groups is 2. The highest BCUT2D eigenvalue weighted by Crippen LogP contribution is 2.01. The zero-order chi connectivity index (χ0) is 13.7. The molecular formula is C12H21N3O4. The number of morpholine rings is 2. The number of hydrogen-bond acceptors (Lipinski definition) is 5. The zero-order valence-corrected chi connectivity index (χ0v) is 11.2. The van der Waals surface area contributed by atoms with Crippen LogP contribution in [0.25, 0.3) is 0 Å². The van der Waals surface area contributed by atoms with Crippen molar-refractivity contribution in [3.63, 3.8) is 0 Å². The molecule has 19 heavy (non-hydrogen) atoms. The van der Waals surface area contributed by atoms with Crippen molar-refractivity contribution in [3.05, 3.63) is 0 Å². The van der Waals surface area contributed by atoms with E-state index in [0.29, 0.717) is 46.1 Å². The van der Waals surface area contributed by atoms with Gasteiger partial charge in [-0.3, -0.25) is 9.59 Å². The minimum absolute atomic E-state index is 0.0617. The number of rotatable bonds is 3. The van der Waals surface area contributed by atoms with Crippen LogP contribution in [0.1, 0.15) is 6.92 Å². The maximum Gasteiger partial charge on any atom is 0.245 e. The maximum atomic E-state index is 12.1. The van der Waals surface area contributed by atoms with Crippen molar-refractivity contribution in [2.75, 3.05) is 46.1 Å². The molecule has 2 aliphatic rings. The molecule has 0 aromatic heterocycles. The summed E-state index contributed by atoms with van der Waals surface area (Å²) in [5.41, 5.74) is 0. The Bertz CT molecular complexity index is 325. The predicted molar refractivity (Wildman–Crippen MR) is 67.6 cm³/mol. The largest absolute Gasteiger partial charge is 0.378 e. The van der Waals surface area contributed by atoms with Crippen LogP contribution in [0.5, 0.6) is 0 Å². The predicted octanol–water partition coefficient (Wildman–Crippen LogP) is -1.66. The van der Waals surface area contributed by atoms with E-state index < -0.39 is 6.04 Å². The van der Waals surface area contributed by atoms with Crippen molar-refractivity contribution in [1.82, 2.24) is 15.5 Å². The third-order valence-electron chi connectivity index (χ3n) is 3.29. The molecule has 0 spiro atoms. The summed E-state index contributed by atoms with van der Waals surface area (Å²) in [6, 6.07) is -0.886. The lowest BCUT2D eigenvalue weighted by Gasteiger charge is -2.30. The fourth-order valence-corrected chi connectivity index (χ4v) is 2.17. The van der Waals surface area contributed by atoms with E-state index in [0.717, 1.165) is 0 Å². The molecule has 2 unspecified atom stereocenters. The van der Waals surface area contributed by atoms with Gasteiger partial charge in [-0.05, 0) is 6.92 Å². The Balaban J connectivity index is 1.80. The van der Waals surface area contributed by atoms with Gasteiger partial charge in [0.2, 0.25) is 11.8 Å². The van der Waals surface area contributed by atoms with Gasteiger partial charge in [-0.2, -0.15) is 0 Å². The van der Waals surface area contributed by atoms with Gasteiger partial charge in [-0.25, -0.2) is 0 Å². The van der Waals surface area contributed by atoms with E-state index in [4.69, 9.17) is 9.47 Å². The summed E-state index contributed by atoms with van der Waals surface area (Å²) in [6.07, 6.45) is 0. The van der Waals surface area contributed by atoms with Crippen molar-refractivity contribution in [2.24, 2.45) is 0 Å². The molecule has 0 saturated carbocycles. The van der Waals surface area contributed by atoms with Gasteiger partial charge in [0.1, 0.15) is 12.1 Å². The number of ether oxygens (including phenoxy) is 2. The molecule has 2 saturated heterocycles. The van der Waals surface area contributed by atoms with Gasteiger partial charge in [-0.1, -0.05) is 0 Å². The molecule has 7 heteroatoms. The topological polar surface area (TPSA) is 79.9 Å². The fraction of sp³-hybridized carbons (Fsp3) is 0.833. The van der Waals surface area contributed by atoms with E-state index in [9.17, 15) is 9.59 Å². The van der Waals surface area contributed by atoms with Crippen LogP contribution >= 0.6 is 0 Å². The quantitative estimate of drug-likeness (QED) is 0.642. The van der Waals surface area contributed by atoms with Crippen LogP contribution in [0.3, 0.4) is 0 Å². The van der Waals surface area contributed by atoms with Crippen molar-refractivity contribution in [1.29, 1.82) is 0 Å². The van der Waals surface area contributed by atoms with Crippen LogP contribution in [-0.4, -0.2) is 74.9 Å². The Kier molecular flexibility index (Phi) is 5.12. The number of nitrogens with one attached hydrogen (secondary N) is 2. The lowest BCUT2D eigenvalue weighted by molar-refractivity contribution is -0.140. The Morgan fingerprint density at radius 1 is 1.26 bits per heavy atom. The monoisotopic (exact) mass is 271 g/mol. The minimum Gasteiger partial charge on any atom is -0.378 e. The van der Waals surface area contributed by atoms with E-state index in [1.54, 1.807) is 11.8 Å². The number of carbonyl (C=O) groups excluding carboxylic acids is 2. The lowest BCUT2D eigenvalue weighted by atomic mass is 10.2. The summed E-state index contributed by atoms with van der Waals surface area (Å²) in [7, 11) is 0. The van der Waals surface area contributed by atoms with Gasteiger partial charge < -0.3 is 25.0 Å². The van der Waals surface area contributed by atoms with Crippen LogP contribution in [0.2, 0.25) is 0 Å². The van der Waals surface area contributed by atoms with E-state index in [-0.39, 0.29) is 17.9 Å². The molecular weight excluding hydrogens is 250 g/mol. The highest BCUT2D eigenvalue weighted by Gasteiger charge is 2.27. The van der Waals surface area contributed by atoms with Crippen LogP contribution in [0.15, 0.2) is 0 Å². The Labute approximate surface area is 112 Å². The molecule has 2 aliphatic heterocycles. The van der Waals surface area contributed by atoms with Crippen molar-refractivity contribution >= 4 is 11.8 Å². The van der Waals surface area contributed by atoms with Crippen LogP contribution in [-0.2, 0) is 19.1 Å². The first-order chi connectivity index (χ1) is 9.18. The standard InChI is InChI=1S/C12H21N3O4/c1-9(12(17)15-3-6-18-7-4-15)14-11(16)10-8-19-5-2-13-10/h9-10,13H,2-8H2,1H3,(H,14,16). The summed E-state index contributed by atoms with van der Waals surface area (Å²) in [5, 5.41) is 5.79. The van der Waals surface area contributed by atoms with Crippen LogP contribution in [0, 0.1) is 0 Å². The van der Waals surface area contributed by atoms with Gasteiger partial charge in [0.15, 0.2) is 0 Å². The maximum absolute atomic E-state index is 12.1. The van der Waals surface area contributed by atoms with Crippen molar-refractivity contribution < 1.29 is 19.1 Å². The van der Waals surface area contributed by atoms with Gasteiger partial charge in [0, 0.05) is 19.6 Å². The Hall–Kier alpha value is -1.18. The SMILES string of the molecule is CC(NC(=O)C1COCCN1)C(=O)N1CCOCC1. The first kappa shape index (κ1) is 14.2. The van der Waals surface area contributed by atoms with Crippen LogP contribution in [0.4, 0.5) is 0 Å². The second kappa shape index (κ2) is 6.83. The second-order valence-corrected chi connectivity index (χ2v) is 4.75. The zero-order valence-electron chi connectivity index (χ0n) is 11.2. The van der Waals surface area contributed by atoms with Gasteiger partial charge in [0.05, 0.1) is 26.4 Å². The van der Waals surface area contributed by atoms with Crippen molar-refractivity contribution in [2.45, 2.75) is 19.0 Å². The third kappa shape index (κ3) is 3.89. The molecule has 2 fully saturated rings. The lowest BCUT2D eigenvalue weighted by Crippen LogP contribution is -2.56. The summed E-state index contributed by atoms with van der Waals surface area (Å²) < 4.78 is 10.4. The van der Waals surface area contributed by atoms with Gasteiger partial charge in [0.25, 0.3) is 0 Å². The average Bonchev–Trinajstić information content (AvgIpc) is 2.48. The van der Waals surface area contributed by atoms with Gasteiger partial charge in [-0.15, -0.1) is 0 Å². The van der Waals surface area contributed by atoms with Crippen molar-refractivity contribution in [3.8, 4) is 0 Å². The van der Waals surface area contributed by atoms with E-state index in [2.05, 4.69) is 10.6 Å². The minimum atomic E-state index is -0.519. The van der Waals surface area contributed by atoms with E-state index in [1.807, 2.05) is 0 Å². The Morgan fingerprint density at radius 3 is 2.63 bits per heavy atom. The molecule has 2 heterocycles. The fourth-order valence-electron chi connectivity index (χ4n) is 2.17. The van der Waals surface area contributed by atoms with E-state index >= 15 is 0 Å². The highest BCUT2D eigenvalue weighted by molar-refractivity contribution is 5.89. The molecule has 0 aromatic rings. The number of amides is 2. The molecule has 0 radical (unpaired) electrons. The summed E-state index contributed by atoms with van der Waals surface area (Å²) >= 11 is 0. The molecule has 2 atom stereocenters. The summed E-state index contributed by atoms with van der Waals surface area (Å²) in [5.74, 6) is -0.248.